The molecule has 102 valence electrons. The summed E-state index contributed by atoms with van der Waals surface area (Å²) in [4.78, 5) is 2.29. The van der Waals surface area contributed by atoms with Crippen LogP contribution in [-0.4, -0.2) is 45.4 Å². The van der Waals surface area contributed by atoms with Gasteiger partial charge in [-0.25, -0.2) is 0 Å². The Bertz CT molecular complexity index is 353. The van der Waals surface area contributed by atoms with Crippen LogP contribution in [0.1, 0.15) is 5.56 Å². The van der Waals surface area contributed by atoms with Gasteiger partial charge in [0.25, 0.3) is 0 Å². The number of ether oxygens (including phenoxy) is 2. The van der Waals surface area contributed by atoms with Gasteiger partial charge in [0.2, 0.25) is 0 Å². The summed E-state index contributed by atoms with van der Waals surface area (Å²) in [6, 6.07) is 6.05. The molecule has 0 spiro atoms. The molecule has 0 aromatic heterocycles. The van der Waals surface area contributed by atoms with Gasteiger partial charge in [-0.1, -0.05) is 6.07 Å². The lowest BCUT2D eigenvalue weighted by molar-refractivity contribution is 0.110. The third kappa shape index (κ3) is 5.35. The molecule has 0 aliphatic rings. The van der Waals surface area contributed by atoms with Crippen LogP contribution in [0.25, 0.3) is 0 Å². The van der Waals surface area contributed by atoms with Gasteiger partial charge in [0, 0.05) is 44.0 Å². The van der Waals surface area contributed by atoms with E-state index in [4.69, 9.17) is 15.2 Å². The number of hydrogen-bond donors (Lipinski definition) is 1. The molecule has 0 heterocycles. The largest absolute Gasteiger partial charge is 0.398 e. The van der Waals surface area contributed by atoms with Crippen LogP contribution in [0.15, 0.2) is 22.7 Å². The summed E-state index contributed by atoms with van der Waals surface area (Å²) in [5, 5.41) is 0. The Morgan fingerprint density at radius 2 is 1.78 bits per heavy atom. The number of benzene rings is 1. The highest BCUT2D eigenvalue weighted by atomic mass is 79.9. The zero-order valence-electron chi connectivity index (χ0n) is 11.0. The van der Waals surface area contributed by atoms with Crippen molar-refractivity contribution in [2.75, 3.05) is 46.3 Å². The van der Waals surface area contributed by atoms with Crippen LogP contribution in [0.5, 0.6) is 0 Å². The molecular formula is C13H21BrN2O2. The van der Waals surface area contributed by atoms with E-state index in [0.29, 0.717) is 0 Å². The van der Waals surface area contributed by atoms with Crippen molar-refractivity contribution in [2.24, 2.45) is 0 Å². The van der Waals surface area contributed by atoms with Gasteiger partial charge in [-0.05, 0) is 33.6 Å². The third-order valence-corrected chi connectivity index (χ3v) is 3.41. The van der Waals surface area contributed by atoms with Crippen molar-refractivity contribution in [3.8, 4) is 0 Å². The minimum absolute atomic E-state index is 0.718. The molecule has 0 saturated heterocycles. The Balaban J connectivity index is 2.59. The molecule has 5 heteroatoms. The lowest BCUT2D eigenvalue weighted by Crippen LogP contribution is -2.30. The van der Waals surface area contributed by atoms with Crippen molar-refractivity contribution in [3.63, 3.8) is 0 Å². The first kappa shape index (κ1) is 15.4. The predicted molar refractivity (Wildman–Crippen MR) is 77.6 cm³/mol. The summed E-state index contributed by atoms with van der Waals surface area (Å²) < 4.78 is 11.2. The van der Waals surface area contributed by atoms with E-state index in [1.165, 1.54) is 5.56 Å². The number of hydrogen-bond acceptors (Lipinski definition) is 4. The molecule has 18 heavy (non-hydrogen) atoms. The van der Waals surface area contributed by atoms with Crippen molar-refractivity contribution in [1.29, 1.82) is 0 Å². The van der Waals surface area contributed by atoms with E-state index in [0.717, 1.165) is 43.0 Å². The van der Waals surface area contributed by atoms with Crippen molar-refractivity contribution >= 4 is 21.6 Å². The molecule has 1 aromatic rings. The van der Waals surface area contributed by atoms with Crippen LogP contribution in [-0.2, 0) is 16.0 Å². The van der Waals surface area contributed by atoms with Gasteiger partial charge >= 0.3 is 0 Å². The van der Waals surface area contributed by atoms with E-state index in [9.17, 15) is 0 Å². The second-order valence-corrected chi connectivity index (χ2v) is 4.97. The maximum Gasteiger partial charge on any atom is 0.0589 e. The number of methoxy groups -OCH3 is 2. The molecule has 0 aliphatic carbocycles. The summed E-state index contributed by atoms with van der Waals surface area (Å²) in [6.07, 6.45) is 0. The second-order valence-electron chi connectivity index (χ2n) is 4.12. The average molecular weight is 317 g/mol. The highest BCUT2D eigenvalue weighted by molar-refractivity contribution is 9.10. The summed E-state index contributed by atoms with van der Waals surface area (Å²) in [5.74, 6) is 0. The fraction of sp³-hybridized carbons (Fsp3) is 0.538. The maximum absolute atomic E-state index is 5.88. The van der Waals surface area contributed by atoms with Gasteiger partial charge in [-0.15, -0.1) is 0 Å². The lowest BCUT2D eigenvalue weighted by Gasteiger charge is -2.21. The van der Waals surface area contributed by atoms with E-state index < -0.39 is 0 Å². The minimum atomic E-state index is 0.718. The van der Waals surface area contributed by atoms with E-state index >= 15 is 0 Å². The van der Waals surface area contributed by atoms with Gasteiger partial charge in [0.05, 0.1) is 13.2 Å². The highest BCUT2D eigenvalue weighted by Crippen LogP contribution is 2.20. The maximum atomic E-state index is 5.88. The number of nitrogen functional groups attached to an aromatic ring is 1. The number of halogens is 1. The smallest absolute Gasteiger partial charge is 0.0589 e. The molecule has 0 saturated carbocycles. The monoisotopic (exact) mass is 316 g/mol. The SMILES string of the molecule is COCCN(CCOC)Cc1ccc(Br)c(N)c1. The number of nitrogens with zero attached hydrogens (tertiary/aromatic N) is 1. The number of anilines is 1. The minimum Gasteiger partial charge on any atom is -0.398 e. The van der Waals surface area contributed by atoms with Crippen LogP contribution in [0.2, 0.25) is 0 Å². The summed E-state index contributed by atoms with van der Waals surface area (Å²) in [7, 11) is 3.43. The molecular weight excluding hydrogens is 296 g/mol. The summed E-state index contributed by atoms with van der Waals surface area (Å²) in [5.41, 5.74) is 7.85. The molecule has 1 rings (SSSR count). The van der Waals surface area contributed by atoms with Gasteiger partial charge in [0.15, 0.2) is 0 Å². The van der Waals surface area contributed by atoms with Gasteiger partial charge < -0.3 is 15.2 Å². The normalized spacial score (nSPS) is 11.1. The zero-order chi connectivity index (χ0) is 13.4. The first-order valence-electron chi connectivity index (χ1n) is 5.91. The van der Waals surface area contributed by atoms with E-state index in [1.54, 1.807) is 14.2 Å². The van der Waals surface area contributed by atoms with Crippen LogP contribution in [0, 0.1) is 0 Å². The van der Waals surface area contributed by atoms with Crippen molar-refractivity contribution in [3.05, 3.63) is 28.2 Å². The summed E-state index contributed by atoms with van der Waals surface area (Å²) in [6.45, 7) is 4.06. The topological polar surface area (TPSA) is 47.7 Å². The van der Waals surface area contributed by atoms with Crippen molar-refractivity contribution in [1.82, 2.24) is 4.90 Å². The quantitative estimate of drug-likeness (QED) is 0.746. The van der Waals surface area contributed by atoms with Crippen LogP contribution in [0.3, 0.4) is 0 Å². The summed E-state index contributed by atoms with van der Waals surface area (Å²) >= 11 is 3.40. The lowest BCUT2D eigenvalue weighted by atomic mass is 10.2. The first-order chi connectivity index (χ1) is 8.67. The fourth-order valence-electron chi connectivity index (χ4n) is 1.66. The zero-order valence-corrected chi connectivity index (χ0v) is 12.6. The third-order valence-electron chi connectivity index (χ3n) is 2.69. The van der Waals surface area contributed by atoms with Crippen LogP contribution in [0.4, 0.5) is 5.69 Å². The van der Waals surface area contributed by atoms with Crippen molar-refractivity contribution < 1.29 is 9.47 Å². The molecule has 0 bridgehead atoms. The van der Waals surface area contributed by atoms with Gasteiger partial charge in [0.1, 0.15) is 0 Å². The Morgan fingerprint density at radius 1 is 1.17 bits per heavy atom. The average Bonchev–Trinajstić information content (AvgIpc) is 2.37. The number of rotatable bonds is 8. The van der Waals surface area contributed by atoms with Crippen molar-refractivity contribution in [2.45, 2.75) is 6.54 Å². The Hall–Kier alpha value is -0.620. The predicted octanol–water partition coefficient (Wildman–Crippen LogP) is 2.13. The van der Waals surface area contributed by atoms with E-state index in [1.807, 2.05) is 12.1 Å². The standard InChI is InChI=1S/C13H21BrN2O2/c1-17-7-5-16(6-8-18-2)10-11-3-4-12(14)13(15)9-11/h3-4,9H,5-8,10,15H2,1-2H3. The van der Waals surface area contributed by atoms with Crippen LogP contribution < -0.4 is 5.73 Å². The molecule has 1 aromatic carbocycles. The fourth-order valence-corrected chi connectivity index (χ4v) is 1.91. The Kier molecular flexibility index (Phi) is 7.27. The molecule has 2 N–H and O–H groups in total. The Morgan fingerprint density at radius 3 is 2.28 bits per heavy atom. The van der Waals surface area contributed by atoms with Gasteiger partial charge in [-0.3, -0.25) is 4.90 Å². The Labute approximate surface area is 117 Å². The van der Waals surface area contributed by atoms with Crippen LogP contribution >= 0.6 is 15.9 Å². The molecule has 4 nitrogen and oxygen atoms in total. The second kappa shape index (κ2) is 8.48. The van der Waals surface area contributed by atoms with Gasteiger partial charge in [-0.2, -0.15) is 0 Å². The van der Waals surface area contributed by atoms with E-state index in [2.05, 4.69) is 26.9 Å². The molecule has 0 atom stereocenters. The first-order valence-corrected chi connectivity index (χ1v) is 6.70. The molecule has 0 fully saturated rings. The molecule has 0 aliphatic heterocycles. The molecule has 0 amide bonds. The molecule has 0 radical (unpaired) electrons. The molecule has 0 unspecified atom stereocenters. The number of nitrogens with two attached hydrogens (primary N) is 1. The van der Waals surface area contributed by atoms with E-state index in [-0.39, 0.29) is 0 Å². The highest BCUT2D eigenvalue weighted by Gasteiger charge is 2.06.